The van der Waals surface area contributed by atoms with Crippen LogP contribution in [-0.2, 0) is 22.4 Å². The number of piperazine rings is 1. The van der Waals surface area contributed by atoms with Crippen LogP contribution in [0.15, 0.2) is 77.5 Å². The van der Waals surface area contributed by atoms with Crippen molar-refractivity contribution in [1.29, 1.82) is 0 Å². The summed E-state index contributed by atoms with van der Waals surface area (Å²) in [7, 11) is 0. The smallest absolute Gasteiger partial charge is 0.248 e. The second-order valence-electron chi connectivity index (χ2n) is 8.90. The van der Waals surface area contributed by atoms with Gasteiger partial charge in [0.1, 0.15) is 11.3 Å². The van der Waals surface area contributed by atoms with Crippen molar-refractivity contribution in [2.24, 2.45) is 0 Å². The zero-order valence-electron chi connectivity index (χ0n) is 20.8. The molecule has 4 aromatic rings. The molecule has 1 fully saturated rings. The van der Waals surface area contributed by atoms with E-state index in [4.69, 9.17) is 4.42 Å². The van der Waals surface area contributed by atoms with Crippen LogP contribution in [0.5, 0.6) is 0 Å². The van der Waals surface area contributed by atoms with Crippen molar-refractivity contribution < 1.29 is 14.0 Å². The number of nitrogens with zero attached hydrogens (tertiary/aromatic N) is 4. The van der Waals surface area contributed by atoms with E-state index < -0.39 is 0 Å². The molecule has 0 saturated carbocycles. The Kier molecular flexibility index (Phi) is 7.26. The third-order valence-electron chi connectivity index (χ3n) is 6.48. The van der Waals surface area contributed by atoms with Crippen LogP contribution in [0.1, 0.15) is 23.8 Å². The minimum atomic E-state index is -0.226. The molecule has 2 amide bonds. The molecule has 0 aliphatic carbocycles. The fraction of sp³-hybridized carbons (Fsp3) is 0.241. The first-order chi connectivity index (χ1) is 18.1. The van der Waals surface area contributed by atoms with Crippen molar-refractivity contribution in [2.45, 2.75) is 19.8 Å². The summed E-state index contributed by atoms with van der Waals surface area (Å²) < 4.78 is 5.89. The normalized spacial score (nSPS) is 13.9. The summed E-state index contributed by atoms with van der Waals surface area (Å²) in [5.41, 5.74) is 3.33. The second-order valence-corrected chi connectivity index (χ2v) is 8.90. The number of furan rings is 1. The predicted molar refractivity (Wildman–Crippen MR) is 144 cm³/mol. The molecule has 1 N–H and O–H groups in total. The molecule has 2 aromatic carbocycles. The number of hydrogen-bond donors (Lipinski definition) is 1. The Labute approximate surface area is 215 Å². The summed E-state index contributed by atoms with van der Waals surface area (Å²) in [6.45, 7) is 4.73. The molecular weight excluding hydrogens is 466 g/mol. The third kappa shape index (κ3) is 5.69. The first-order valence-corrected chi connectivity index (χ1v) is 12.5. The zero-order chi connectivity index (χ0) is 25.6. The lowest BCUT2D eigenvalue weighted by Gasteiger charge is -2.34. The van der Waals surface area contributed by atoms with E-state index in [0.29, 0.717) is 44.2 Å². The van der Waals surface area contributed by atoms with E-state index in [1.807, 2.05) is 60.4 Å². The van der Waals surface area contributed by atoms with Crippen LogP contribution in [0.3, 0.4) is 0 Å². The molecule has 0 bridgehead atoms. The van der Waals surface area contributed by atoms with Gasteiger partial charge in [-0.3, -0.25) is 9.59 Å². The molecule has 0 radical (unpaired) electrons. The SMILES string of the molecule is CCc1oc2ccccc2c1/C=C/C(=O)Nc1ccc(CC(=O)N2CCN(c3ncccn3)CC2)cc1. The summed E-state index contributed by atoms with van der Waals surface area (Å²) in [5, 5.41) is 3.88. The predicted octanol–water partition coefficient (Wildman–Crippen LogP) is 4.33. The molecule has 37 heavy (non-hydrogen) atoms. The average molecular weight is 496 g/mol. The quantitative estimate of drug-likeness (QED) is 0.384. The van der Waals surface area contributed by atoms with Crippen LogP contribution in [0.25, 0.3) is 17.0 Å². The molecule has 0 atom stereocenters. The van der Waals surface area contributed by atoms with Crippen LogP contribution >= 0.6 is 0 Å². The lowest BCUT2D eigenvalue weighted by molar-refractivity contribution is -0.130. The minimum Gasteiger partial charge on any atom is -0.460 e. The molecule has 0 unspecified atom stereocenters. The Hall–Kier alpha value is -4.46. The number of benzene rings is 2. The van der Waals surface area contributed by atoms with Gasteiger partial charge in [-0.2, -0.15) is 0 Å². The van der Waals surface area contributed by atoms with Gasteiger partial charge >= 0.3 is 0 Å². The van der Waals surface area contributed by atoms with Crippen molar-refractivity contribution in [3.8, 4) is 0 Å². The largest absolute Gasteiger partial charge is 0.460 e. The van der Waals surface area contributed by atoms with E-state index >= 15 is 0 Å². The minimum absolute atomic E-state index is 0.0902. The first kappa shape index (κ1) is 24.2. The number of carbonyl (C=O) groups is 2. The Morgan fingerprint density at radius 3 is 2.43 bits per heavy atom. The number of rotatable bonds is 7. The molecule has 0 spiro atoms. The van der Waals surface area contributed by atoms with Gasteiger partial charge in [-0.1, -0.05) is 37.3 Å². The van der Waals surface area contributed by atoms with Gasteiger partial charge in [0.2, 0.25) is 17.8 Å². The monoisotopic (exact) mass is 495 g/mol. The second kappa shape index (κ2) is 11.1. The Bertz CT molecular complexity index is 1400. The number of aryl methyl sites for hydroxylation is 1. The summed E-state index contributed by atoms with van der Waals surface area (Å²) in [6, 6.07) is 17.0. The summed E-state index contributed by atoms with van der Waals surface area (Å²) in [5.74, 6) is 1.42. The van der Waals surface area contributed by atoms with E-state index in [0.717, 1.165) is 34.3 Å². The van der Waals surface area contributed by atoms with E-state index in [1.54, 1.807) is 24.5 Å². The first-order valence-electron chi connectivity index (χ1n) is 12.5. The summed E-state index contributed by atoms with van der Waals surface area (Å²) in [6.07, 6.45) is 7.85. The van der Waals surface area contributed by atoms with E-state index in [9.17, 15) is 9.59 Å². The summed E-state index contributed by atoms with van der Waals surface area (Å²) >= 11 is 0. The highest BCUT2D eigenvalue weighted by atomic mass is 16.3. The number of hydrogen-bond acceptors (Lipinski definition) is 6. The van der Waals surface area contributed by atoms with Crippen molar-refractivity contribution in [3.63, 3.8) is 0 Å². The molecule has 1 saturated heterocycles. The van der Waals surface area contributed by atoms with Gasteiger partial charge in [-0.05, 0) is 35.9 Å². The topological polar surface area (TPSA) is 91.6 Å². The average Bonchev–Trinajstić information content (AvgIpc) is 3.31. The van der Waals surface area contributed by atoms with Crippen molar-refractivity contribution in [1.82, 2.24) is 14.9 Å². The van der Waals surface area contributed by atoms with Gasteiger partial charge < -0.3 is 19.5 Å². The maximum atomic E-state index is 12.8. The highest BCUT2D eigenvalue weighted by molar-refractivity contribution is 6.03. The van der Waals surface area contributed by atoms with Crippen LogP contribution < -0.4 is 10.2 Å². The van der Waals surface area contributed by atoms with Gasteiger partial charge in [0.05, 0.1) is 6.42 Å². The molecule has 2 aromatic heterocycles. The van der Waals surface area contributed by atoms with Gasteiger partial charge in [0, 0.05) is 67.7 Å². The molecule has 188 valence electrons. The highest BCUT2D eigenvalue weighted by Gasteiger charge is 2.22. The molecule has 8 heteroatoms. The van der Waals surface area contributed by atoms with Crippen LogP contribution in [0, 0.1) is 0 Å². The standard InChI is InChI=1S/C29H29N5O3/c1-2-25-24(23-6-3-4-7-26(23)37-25)12-13-27(35)32-22-10-8-21(9-11-22)20-28(36)33-16-18-34(19-17-33)29-30-14-5-15-31-29/h3-15H,2,16-20H2,1H3,(H,32,35)/b13-12+. The number of anilines is 2. The fourth-order valence-corrected chi connectivity index (χ4v) is 4.51. The molecule has 8 nitrogen and oxygen atoms in total. The number of amides is 2. The van der Waals surface area contributed by atoms with Gasteiger partial charge in [-0.25, -0.2) is 9.97 Å². The third-order valence-corrected chi connectivity index (χ3v) is 6.48. The number of fused-ring (bicyclic) bond motifs is 1. The Morgan fingerprint density at radius 1 is 0.973 bits per heavy atom. The number of nitrogens with one attached hydrogen (secondary N) is 1. The molecule has 3 heterocycles. The molecule has 1 aliphatic heterocycles. The van der Waals surface area contributed by atoms with Gasteiger partial charge in [0.15, 0.2) is 0 Å². The molecule has 1 aliphatic rings. The van der Waals surface area contributed by atoms with Crippen LogP contribution in [0.2, 0.25) is 0 Å². The maximum absolute atomic E-state index is 12.8. The Morgan fingerprint density at radius 2 is 1.70 bits per heavy atom. The van der Waals surface area contributed by atoms with Crippen LogP contribution in [0.4, 0.5) is 11.6 Å². The highest BCUT2D eigenvalue weighted by Crippen LogP contribution is 2.27. The lowest BCUT2D eigenvalue weighted by atomic mass is 10.1. The zero-order valence-corrected chi connectivity index (χ0v) is 20.8. The summed E-state index contributed by atoms with van der Waals surface area (Å²) in [4.78, 5) is 37.9. The lowest BCUT2D eigenvalue weighted by Crippen LogP contribution is -2.49. The van der Waals surface area contributed by atoms with Crippen molar-refractivity contribution in [3.05, 3.63) is 90.0 Å². The molecule has 5 rings (SSSR count). The van der Waals surface area contributed by atoms with E-state index in [2.05, 4.69) is 20.2 Å². The van der Waals surface area contributed by atoms with Gasteiger partial charge in [0.25, 0.3) is 0 Å². The van der Waals surface area contributed by atoms with Crippen LogP contribution in [-0.4, -0.2) is 52.9 Å². The molecular formula is C29H29N5O3. The van der Waals surface area contributed by atoms with E-state index in [-0.39, 0.29) is 11.8 Å². The fourth-order valence-electron chi connectivity index (χ4n) is 4.51. The number of para-hydroxylation sites is 1. The van der Waals surface area contributed by atoms with Gasteiger partial charge in [-0.15, -0.1) is 0 Å². The van der Waals surface area contributed by atoms with Crippen molar-refractivity contribution in [2.75, 3.05) is 36.4 Å². The van der Waals surface area contributed by atoms with E-state index in [1.165, 1.54) is 6.08 Å². The van der Waals surface area contributed by atoms with Crippen molar-refractivity contribution >= 4 is 40.5 Å². The Balaban J connectivity index is 1.14. The number of aromatic nitrogens is 2. The maximum Gasteiger partial charge on any atom is 0.248 e. The number of carbonyl (C=O) groups excluding carboxylic acids is 2.